The van der Waals surface area contributed by atoms with Gasteiger partial charge in [-0.2, -0.15) is 0 Å². The van der Waals surface area contributed by atoms with Crippen LogP contribution in [0.4, 0.5) is 16.2 Å². The smallest absolute Gasteiger partial charge is 0.321 e. The molecule has 4 nitrogen and oxygen atoms in total. The molecule has 0 bridgehead atoms. The van der Waals surface area contributed by atoms with Gasteiger partial charge in [0, 0.05) is 25.0 Å². The fourth-order valence-corrected chi connectivity index (χ4v) is 1.71. The summed E-state index contributed by atoms with van der Waals surface area (Å²) in [4.78, 5) is 13.6. The summed E-state index contributed by atoms with van der Waals surface area (Å²) in [5, 5.41) is 2.84. The number of carbonyl (C=O) groups is 1. The van der Waals surface area contributed by atoms with E-state index in [-0.39, 0.29) is 6.03 Å². The van der Waals surface area contributed by atoms with E-state index in [4.69, 9.17) is 5.73 Å². The van der Waals surface area contributed by atoms with E-state index in [1.165, 1.54) is 0 Å². The van der Waals surface area contributed by atoms with Gasteiger partial charge in [0.25, 0.3) is 0 Å². The van der Waals surface area contributed by atoms with Crippen molar-refractivity contribution in [2.75, 3.05) is 18.1 Å². The number of urea groups is 1. The van der Waals surface area contributed by atoms with Gasteiger partial charge in [0.15, 0.2) is 0 Å². The fraction of sp³-hybridized carbons (Fsp3) is 0.133. The van der Waals surface area contributed by atoms with Crippen molar-refractivity contribution >= 4 is 17.4 Å². The van der Waals surface area contributed by atoms with Crippen molar-refractivity contribution in [3.63, 3.8) is 0 Å². The summed E-state index contributed by atoms with van der Waals surface area (Å²) in [6, 6.07) is 16.8. The zero-order valence-electron chi connectivity index (χ0n) is 10.8. The molecule has 19 heavy (non-hydrogen) atoms. The highest BCUT2D eigenvalue weighted by atomic mass is 16.2. The van der Waals surface area contributed by atoms with Crippen LogP contribution in [0.2, 0.25) is 0 Å². The van der Waals surface area contributed by atoms with Gasteiger partial charge >= 0.3 is 6.03 Å². The van der Waals surface area contributed by atoms with E-state index < -0.39 is 0 Å². The Bertz CT molecular complexity index is 537. The Morgan fingerprint density at radius 2 is 1.74 bits per heavy atom. The topological polar surface area (TPSA) is 58.4 Å². The highest BCUT2D eigenvalue weighted by Crippen LogP contribution is 2.10. The van der Waals surface area contributed by atoms with Gasteiger partial charge in [-0.05, 0) is 29.8 Å². The summed E-state index contributed by atoms with van der Waals surface area (Å²) >= 11 is 0. The maximum Gasteiger partial charge on any atom is 0.321 e. The van der Waals surface area contributed by atoms with Crippen LogP contribution in [-0.2, 0) is 6.54 Å². The lowest BCUT2D eigenvalue weighted by molar-refractivity contribution is 0.220. The molecule has 2 amide bonds. The number of benzene rings is 2. The van der Waals surface area contributed by atoms with Crippen molar-refractivity contribution in [2.24, 2.45) is 0 Å². The number of nitrogens with two attached hydrogens (primary N) is 1. The molecule has 2 aromatic carbocycles. The van der Waals surface area contributed by atoms with Gasteiger partial charge in [-0.25, -0.2) is 4.79 Å². The molecule has 0 radical (unpaired) electrons. The highest BCUT2D eigenvalue weighted by Gasteiger charge is 2.08. The van der Waals surface area contributed by atoms with Crippen molar-refractivity contribution < 1.29 is 4.79 Å². The summed E-state index contributed by atoms with van der Waals surface area (Å²) in [6.45, 7) is 0.541. The summed E-state index contributed by atoms with van der Waals surface area (Å²) in [5.41, 5.74) is 8.18. The van der Waals surface area contributed by atoms with E-state index in [9.17, 15) is 4.79 Å². The van der Waals surface area contributed by atoms with Crippen LogP contribution in [-0.4, -0.2) is 18.0 Å². The van der Waals surface area contributed by atoms with E-state index >= 15 is 0 Å². The van der Waals surface area contributed by atoms with Gasteiger partial charge in [0.05, 0.1) is 0 Å². The Labute approximate surface area is 112 Å². The lowest BCUT2D eigenvalue weighted by Crippen LogP contribution is -2.30. The minimum Gasteiger partial charge on any atom is -0.399 e. The standard InChI is InChI=1S/C15H17N3O/c1-18(11-12-7-9-13(16)10-8-12)15(19)17-14-5-3-2-4-6-14/h2-10H,11,16H2,1H3,(H,17,19). The van der Waals surface area contributed by atoms with E-state index in [0.717, 1.165) is 16.9 Å². The fourth-order valence-electron chi connectivity index (χ4n) is 1.71. The van der Waals surface area contributed by atoms with Crippen LogP contribution >= 0.6 is 0 Å². The first-order chi connectivity index (χ1) is 9.15. The van der Waals surface area contributed by atoms with Crippen LogP contribution in [0.15, 0.2) is 54.6 Å². The van der Waals surface area contributed by atoms with Gasteiger partial charge in [0.2, 0.25) is 0 Å². The predicted molar refractivity (Wildman–Crippen MR) is 77.8 cm³/mol. The molecular formula is C15H17N3O. The summed E-state index contributed by atoms with van der Waals surface area (Å²) < 4.78 is 0. The molecule has 0 aliphatic carbocycles. The summed E-state index contributed by atoms with van der Waals surface area (Å²) in [7, 11) is 1.76. The number of hydrogen-bond acceptors (Lipinski definition) is 2. The third-order valence-corrected chi connectivity index (χ3v) is 2.77. The summed E-state index contributed by atoms with van der Waals surface area (Å²) in [6.07, 6.45) is 0. The van der Waals surface area contributed by atoms with E-state index in [1.54, 1.807) is 11.9 Å². The molecule has 0 atom stereocenters. The summed E-state index contributed by atoms with van der Waals surface area (Å²) in [5.74, 6) is 0. The van der Waals surface area contributed by atoms with Crippen LogP contribution in [0.25, 0.3) is 0 Å². The Morgan fingerprint density at radius 1 is 1.11 bits per heavy atom. The van der Waals surface area contributed by atoms with Crippen molar-refractivity contribution in [3.05, 3.63) is 60.2 Å². The second kappa shape index (κ2) is 5.91. The minimum atomic E-state index is -0.136. The molecule has 98 valence electrons. The van der Waals surface area contributed by atoms with Crippen LogP contribution in [0.3, 0.4) is 0 Å². The van der Waals surface area contributed by atoms with Crippen molar-refractivity contribution in [3.8, 4) is 0 Å². The van der Waals surface area contributed by atoms with Crippen LogP contribution in [0.5, 0.6) is 0 Å². The molecule has 0 saturated carbocycles. The van der Waals surface area contributed by atoms with Crippen molar-refractivity contribution in [2.45, 2.75) is 6.54 Å². The van der Waals surface area contributed by atoms with Crippen LogP contribution in [0.1, 0.15) is 5.56 Å². The highest BCUT2D eigenvalue weighted by molar-refractivity contribution is 5.89. The number of nitrogens with one attached hydrogen (secondary N) is 1. The second-order valence-electron chi connectivity index (χ2n) is 4.39. The van der Waals surface area contributed by atoms with Gasteiger partial charge in [-0.15, -0.1) is 0 Å². The van der Waals surface area contributed by atoms with Gasteiger partial charge in [0.1, 0.15) is 0 Å². The Kier molecular flexibility index (Phi) is 4.03. The minimum absolute atomic E-state index is 0.136. The normalized spacial score (nSPS) is 9.95. The number of rotatable bonds is 3. The van der Waals surface area contributed by atoms with Gasteiger partial charge in [-0.3, -0.25) is 0 Å². The molecular weight excluding hydrogens is 238 g/mol. The third kappa shape index (κ3) is 3.74. The molecule has 0 saturated heterocycles. The number of nitrogens with zero attached hydrogens (tertiary/aromatic N) is 1. The Balaban J connectivity index is 1.94. The molecule has 0 fully saturated rings. The number of hydrogen-bond donors (Lipinski definition) is 2. The molecule has 3 N–H and O–H groups in total. The molecule has 0 aliphatic heterocycles. The Morgan fingerprint density at radius 3 is 2.37 bits per heavy atom. The molecule has 0 aliphatic rings. The number of para-hydroxylation sites is 1. The first-order valence-electron chi connectivity index (χ1n) is 6.07. The lowest BCUT2D eigenvalue weighted by atomic mass is 10.2. The lowest BCUT2D eigenvalue weighted by Gasteiger charge is -2.18. The largest absolute Gasteiger partial charge is 0.399 e. The average molecular weight is 255 g/mol. The first kappa shape index (κ1) is 13.0. The zero-order chi connectivity index (χ0) is 13.7. The van der Waals surface area contributed by atoms with Crippen LogP contribution in [0, 0.1) is 0 Å². The molecule has 0 aromatic heterocycles. The number of anilines is 2. The van der Waals surface area contributed by atoms with Crippen LogP contribution < -0.4 is 11.1 Å². The van der Waals surface area contributed by atoms with Crippen molar-refractivity contribution in [1.29, 1.82) is 0 Å². The zero-order valence-corrected chi connectivity index (χ0v) is 10.8. The number of nitrogen functional groups attached to an aromatic ring is 1. The van der Waals surface area contributed by atoms with Gasteiger partial charge in [-0.1, -0.05) is 30.3 Å². The second-order valence-corrected chi connectivity index (χ2v) is 4.39. The van der Waals surface area contributed by atoms with E-state index in [2.05, 4.69) is 5.32 Å². The molecule has 2 rings (SSSR count). The predicted octanol–water partition coefficient (Wildman–Crippen LogP) is 2.93. The molecule has 0 spiro atoms. The SMILES string of the molecule is CN(Cc1ccc(N)cc1)C(=O)Nc1ccccc1. The average Bonchev–Trinajstić information content (AvgIpc) is 2.42. The van der Waals surface area contributed by atoms with Gasteiger partial charge < -0.3 is 16.0 Å². The monoisotopic (exact) mass is 255 g/mol. The molecule has 4 heteroatoms. The van der Waals surface area contributed by atoms with E-state index in [1.807, 2.05) is 54.6 Å². The maximum absolute atomic E-state index is 12.0. The van der Waals surface area contributed by atoms with E-state index in [0.29, 0.717) is 6.54 Å². The third-order valence-electron chi connectivity index (χ3n) is 2.77. The quantitative estimate of drug-likeness (QED) is 0.828. The molecule has 0 heterocycles. The number of carbonyl (C=O) groups excluding carboxylic acids is 1. The van der Waals surface area contributed by atoms with Crippen molar-refractivity contribution in [1.82, 2.24) is 4.90 Å². The molecule has 2 aromatic rings. The molecule has 0 unspecified atom stereocenters. The Hall–Kier alpha value is -2.49. The first-order valence-corrected chi connectivity index (χ1v) is 6.07. The maximum atomic E-state index is 12.0. The number of amides is 2.